The number of hydrogen-bond donors (Lipinski definition) is 1. The first-order valence-corrected chi connectivity index (χ1v) is 9.44. The Hall–Kier alpha value is -1.51. The molecule has 3 nitrogen and oxygen atoms in total. The Labute approximate surface area is 152 Å². The van der Waals surface area contributed by atoms with Gasteiger partial charge in [0, 0.05) is 5.56 Å². The third-order valence-corrected chi connectivity index (χ3v) is 5.59. The normalized spacial score (nSPS) is 18.0. The highest BCUT2D eigenvalue weighted by Crippen LogP contribution is 2.46. The smallest absolute Gasteiger partial charge is 0.314 e. The van der Waals surface area contributed by atoms with E-state index in [1.807, 2.05) is 6.07 Å². The molecule has 1 aliphatic carbocycles. The van der Waals surface area contributed by atoms with Crippen LogP contribution >= 0.6 is 0 Å². The van der Waals surface area contributed by atoms with Crippen molar-refractivity contribution in [3.63, 3.8) is 0 Å². The van der Waals surface area contributed by atoms with E-state index in [4.69, 9.17) is 4.74 Å². The maximum Gasteiger partial charge on any atom is 0.314 e. The number of hydrogen-bond acceptors (Lipinski definition) is 2. The Bertz CT molecular complexity index is 617. The third-order valence-electron chi connectivity index (χ3n) is 5.59. The van der Waals surface area contributed by atoms with Crippen LogP contribution in [0.25, 0.3) is 0 Å². The molecular weight excluding hydrogens is 312 g/mol. The number of rotatable bonds is 5. The van der Waals surface area contributed by atoms with Crippen LogP contribution in [0.2, 0.25) is 0 Å². The van der Waals surface area contributed by atoms with Crippen molar-refractivity contribution in [2.24, 2.45) is 5.41 Å². The zero-order chi connectivity index (χ0) is 18.9. The van der Waals surface area contributed by atoms with Gasteiger partial charge >= 0.3 is 5.97 Å². The molecule has 2 rings (SSSR count). The first-order valence-electron chi connectivity index (χ1n) is 9.44. The maximum atomic E-state index is 12.3. The molecule has 1 fully saturated rings. The molecule has 0 radical (unpaired) electrons. The number of aliphatic carboxylic acids is 1. The molecular formula is C22H34O3. The van der Waals surface area contributed by atoms with Crippen LogP contribution in [0, 0.1) is 5.41 Å². The van der Waals surface area contributed by atoms with Gasteiger partial charge in [-0.1, -0.05) is 66.0 Å². The van der Waals surface area contributed by atoms with Gasteiger partial charge in [-0.15, -0.1) is 0 Å². The number of ether oxygens (including phenoxy) is 1. The minimum absolute atomic E-state index is 0.0202. The largest absolute Gasteiger partial charge is 0.496 e. The highest BCUT2D eigenvalue weighted by Gasteiger charge is 2.44. The lowest BCUT2D eigenvalue weighted by atomic mass is 9.67. The minimum Gasteiger partial charge on any atom is -0.496 e. The lowest BCUT2D eigenvalue weighted by Gasteiger charge is -2.37. The summed E-state index contributed by atoms with van der Waals surface area (Å²) in [7, 11) is 1.64. The summed E-state index contributed by atoms with van der Waals surface area (Å²) < 4.78 is 5.58. The second kappa shape index (κ2) is 7.01. The van der Waals surface area contributed by atoms with Crippen molar-refractivity contribution in [3.05, 3.63) is 29.3 Å². The summed E-state index contributed by atoms with van der Waals surface area (Å²) in [5, 5.41) is 10.1. The predicted octanol–water partition coefficient (Wildman–Crippen LogP) is 5.70. The summed E-state index contributed by atoms with van der Waals surface area (Å²) in [6.45, 7) is 11.2. The third kappa shape index (κ3) is 4.19. The molecule has 0 aliphatic heterocycles. The van der Waals surface area contributed by atoms with Crippen LogP contribution in [0.15, 0.2) is 18.2 Å². The summed E-state index contributed by atoms with van der Waals surface area (Å²) in [5.74, 6) is -0.00381. The van der Waals surface area contributed by atoms with E-state index in [-0.39, 0.29) is 10.8 Å². The zero-order valence-electron chi connectivity index (χ0n) is 16.7. The Morgan fingerprint density at radius 1 is 1.12 bits per heavy atom. The van der Waals surface area contributed by atoms with Crippen LogP contribution in [0.1, 0.15) is 84.3 Å². The molecule has 1 aromatic carbocycles. The average molecular weight is 347 g/mol. The lowest BCUT2D eigenvalue weighted by molar-refractivity contribution is -0.145. The monoisotopic (exact) mass is 346 g/mol. The SMILES string of the molecule is COc1ccc(C(C)(C)CC(C)(C)C)cc1C1(C(=O)O)CCCCC1. The van der Waals surface area contributed by atoms with Gasteiger partial charge in [-0.05, 0) is 41.7 Å². The van der Waals surface area contributed by atoms with E-state index in [0.29, 0.717) is 18.6 Å². The summed E-state index contributed by atoms with van der Waals surface area (Å²) >= 11 is 0. The second-order valence-corrected chi connectivity index (χ2v) is 9.48. The molecule has 25 heavy (non-hydrogen) atoms. The van der Waals surface area contributed by atoms with Gasteiger partial charge in [0.15, 0.2) is 0 Å². The van der Waals surface area contributed by atoms with Crippen molar-refractivity contribution in [1.29, 1.82) is 0 Å². The van der Waals surface area contributed by atoms with Gasteiger partial charge in [-0.25, -0.2) is 0 Å². The molecule has 1 N–H and O–H groups in total. The van der Waals surface area contributed by atoms with E-state index < -0.39 is 11.4 Å². The van der Waals surface area contributed by atoms with Gasteiger partial charge in [-0.3, -0.25) is 4.79 Å². The van der Waals surface area contributed by atoms with E-state index in [9.17, 15) is 9.90 Å². The Morgan fingerprint density at radius 2 is 1.72 bits per heavy atom. The number of carboxylic acids is 1. The molecule has 0 unspecified atom stereocenters. The molecule has 3 heteroatoms. The van der Waals surface area contributed by atoms with E-state index >= 15 is 0 Å². The molecule has 0 aromatic heterocycles. The molecule has 1 aliphatic rings. The van der Waals surface area contributed by atoms with Crippen molar-refractivity contribution in [2.75, 3.05) is 7.11 Å². The van der Waals surface area contributed by atoms with Crippen LogP contribution in [-0.2, 0) is 15.6 Å². The van der Waals surface area contributed by atoms with Crippen molar-refractivity contribution < 1.29 is 14.6 Å². The van der Waals surface area contributed by atoms with E-state index in [2.05, 4.69) is 46.8 Å². The average Bonchev–Trinajstić information content (AvgIpc) is 2.52. The highest BCUT2D eigenvalue weighted by molar-refractivity contribution is 5.83. The fourth-order valence-electron chi connectivity index (χ4n) is 4.68. The Morgan fingerprint density at radius 3 is 2.20 bits per heavy atom. The summed E-state index contributed by atoms with van der Waals surface area (Å²) in [6.07, 6.45) is 5.47. The van der Waals surface area contributed by atoms with Crippen molar-refractivity contribution in [3.8, 4) is 5.75 Å². The van der Waals surface area contributed by atoms with Crippen molar-refractivity contribution in [1.82, 2.24) is 0 Å². The Kier molecular flexibility index (Phi) is 5.56. The van der Waals surface area contributed by atoms with E-state index in [1.165, 1.54) is 5.56 Å². The molecule has 0 atom stereocenters. The van der Waals surface area contributed by atoms with E-state index in [1.54, 1.807) is 7.11 Å². The van der Waals surface area contributed by atoms with Crippen LogP contribution in [0.3, 0.4) is 0 Å². The number of methoxy groups -OCH3 is 1. The van der Waals surface area contributed by atoms with Gasteiger partial charge in [0.05, 0.1) is 12.5 Å². The second-order valence-electron chi connectivity index (χ2n) is 9.48. The molecule has 0 saturated heterocycles. The van der Waals surface area contributed by atoms with Crippen LogP contribution in [0.4, 0.5) is 0 Å². The van der Waals surface area contributed by atoms with Crippen LogP contribution in [-0.4, -0.2) is 18.2 Å². The summed E-state index contributed by atoms with van der Waals surface area (Å²) in [6, 6.07) is 6.19. The molecule has 0 amide bonds. The van der Waals surface area contributed by atoms with Crippen LogP contribution in [0.5, 0.6) is 5.75 Å². The van der Waals surface area contributed by atoms with Crippen LogP contribution < -0.4 is 4.74 Å². The van der Waals surface area contributed by atoms with Crippen molar-refractivity contribution >= 4 is 5.97 Å². The maximum absolute atomic E-state index is 12.3. The van der Waals surface area contributed by atoms with Gasteiger partial charge in [0.1, 0.15) is 5.75 Å². The molecule has 1 saturated carbocycles. The topological polar surface area (TPSA) is 46.5 Å². The summed E-state index contributed by atoms with van der Waals surface area (Å²) in [5.41, 5.74) is 1.44. The van der Waals surface area contributed by atoms with E-state index in [0.717, 1.165) is 31.2 Å². The first-order chi connectivity index (χ1) is 11.5. The number of benzene rings is 1. The Balaban J connectivity index is 2.55. The van der Waals surface area contributed by atoms with Gasteiger partial charge < -0.3 is 9.84 Å². The van der Waals surface area contributed by atoms with Crippen molar-refractivity contribution in [2.45, 2.75) is 84.0 Å². The molecule has 140 valence electrons. The van der Waals surface area contributed by atoms with Gasteiger partial charge in [0.2, 0.25) is 0 Å². The van der Waals surface area contributed by atoms with Gasteiger partial charge in [-0.2, -0.15) is 0 Å². The number of carbonyl (C=O) groups is 1. The fourth-order valence-corrected chi connectivity index (χ4v) is 4.68. The minimum atomic E-state index is -0.808. The molecule has 1 aromatic rings. The standard InChI is InChI=1S/C22H34O3/c1-20(2,3)15-21(4,5)16-10-11-18(25-6)17(14-16)22(19(23)24)12-8-7-9-13-22/h10-11,14H,7-9,12-13,15H2,1-6H3,(H,23,24). The van der Waals surface area contributed by atoms with Gasteiger partial charge in [0.25, 0.3) is 0 Å². The quantitative estimate of drug-likeness (QED) is 0.744. The molecule has 0 heterocycles. The fraction of sp³-hybridized carbons (Fsp3) is 0.682. The number of carboxylic acid groups (broad SMARTS) is 1. The molecule has 0 bridgehead atoms. The highest BCUT2D eigenvalue weighted by atomic mass is 16.5. The zero-order valence-corrected chi connectivity index (χ0v) is 16.7. The molecule has 0 spiro atoms. The lowest BCUT2D eigenvalue weighted by Crippen LogP contribution is -2.38. The summed E-state index contributed by atoms with van der Waals surface area (Å²) in [4.78, 5) is 12.3. The first kappa shape index (κ1) is 19.8. The predicted molar refractivity (Wildman–Crippen MR) is 102 cm³/mol.